The lowest BCUT2D eigenvalue weighted by Crippen LogP contribution is -2.62. The first kappa shape index (κ1) is 31.2. The van der Waals surface area contributed by atoms with E-state index in [2.05, 4.69) is 0 Å². The van der Waals surface area contributed by atoms with E-state index in [1.54, 1.807) is 13.0 Å². The van der Waals surface area contributed by atoms with Gasteiger partial charge in [-0.1, -0.05) is 72.4 Å². The molecule has 4 aliphatic rings. The van der Waals surface area contributed by atoms with Crippen molar-refractivity contribution in [2.45, 2.75) is 109 Å². The second kappa shape index (κ2) is 11.0. The van der Waals surface area contributed by atoms with Gasteiger partial charge < -0.3 is 20.4 Å². The average Bonchev–Trinajstić information content (AvgIpc) is 3.46. The maximum Gasteiger partial charge on any atom is 0.202 e. The SMILES string of the molecule is CCC(=O)CC1C2C(=C(O)c3c(ccc(C(C)(C)C)c3O)C2C)C(=O)C2(O)C(O)=C(C(=O)CCC3CCCC3)C(=O)CC12. The second-order valence-electron chi connectivity index (χ2n) is 14.2. The monoisotopic (exact) mass is 592 g/mol. The quantitative estimate of drug-likeness (QED) is 0.285. The van der Waals surface area contributed by atoms with Crippen LogP contribution in [0, 0.1) is 23.7 Å². The summed E-state index contributed by atoms with van der Waals surface area (Å²) in [6, 6.07) is 3.60. The highest BCUT2D eigenvalue weighted by atomic mass is 16.3. The van der Waals surface area contributed by atoms with Gasteiger partial charge in [-0.15, -0.1) is 0 Å². The molecule has 5 unspecified atom stereocenters. The van der Waals surface area contributed by atoms with E-state index in [-0.39, 0.29) is 48.4 Å². The van der Waals surface area contributed by atoms with Crippen LogP contribution in [0.4, 0.5) is 0 Å². The molecule has 0 radical (unpaired) electrons. The van der Waals surface area contributed by atoms with Crippen LogP contribution in [0.1, 0.15) is 115 Å². The molecule has 2 saturated carbocycles. The van der Waals surface area contributed by atoms with Crippen LogP contribution < -0.4 is 0 Å². The van der Waals surface area contributed by atoms with E-state index in [9.17, 15) is 39.6 Å². The molecule has 232 valence electrons. The van der Waals surface area contributed by atoms with Crippen LogP contribution in [0.5, 0.6) is 5.75 Å². The van der Waals surface area contributed by atoms with E-state index >= 15 is 0 Å². The fraction of sp³-hybridized carbons (Fsp3) is 0.600. The molecule has 0 spiro atoms. The Bertz CT molecular complexity index is 1450. The number of allylic oxidation sites excluding steroid dienone is 1. The number of benzene rings is 1. The third kappa shape index (κ3) is 4.86. The van der Waals surface area contributed by atoms with Crippen molar-refractivity contribution in [3.8, 4) is 5.75 Å². The number of aliphatic hydroxyl groups excluding tert-OH is 2. The molecule has 4 aliphatic carbocycles. The lowest BCUT2D eigenvalue weighted by atomic mass is 9.51. The topological polar surface area (TPSA) is 149 Å². The number of fused-ring (bicyclic) bond motifs is 3. The molecule has 0 aromatic heterocycles. The van der Waals surface area contributed by atoms with E-state index in [4.69, 9.17) is 0 Å². The Kier molecular flexibility index (Phi) is 7.99. The van der Waals surface area contributed by atoms with Gasteiger partial charge in [-0.25, -0.2) is 0 Å². The molecule has 8 heteroatoms. The molecule has 8 nitrogen and oxygen atoms in total. The van der Waals surface area contributed by atoms with Gasteiger partial charge in [0, 0.05) is 48.7 Å². The minimum atomic E-state index is -2.67. The Labute approximate surface area is 252 Å². The van der Waals surface area contributed by atoms with E-state index in [1.807, 2.05) is 33.8 Å². The van der Waals surface area contributed by atoms with Gasteiger partial charge in [0.1, 0.15) is 28.6 Å². The minimum Gasteiger partial charge on any atom is -0.508 e. The van der Waals surface area contributed by atoms with Crippen LogP contribution >= 0.6 is 0 Å². The number of phenols is 1. The Hall–Kier alpha value is -3.26. The highest BCUT2D eigenvalue weighted by molar-refractivity contribution is 6.24. The second-order valence-corrected chi connectivity index (χ2v) is 14.2. The predicted octanol–water partition coefficient (Wildman–Crippen LogP) is 5.93. The number of ketones is 4. The molecule has 0 bridgehead atoms. The van der Waals surface area contributed by atoms with Crippen LogP contribution in [0.15, 0.2) is 29.0 Å². The van der Waals surface area contributed by atoms with Crippen molar-refractivity contribution < 1.29 is 39.6 Å². The highest BCUT2D eigenvalue weighted by Crippen LogP contribution is 2.59. The zero-order valence-corrected chi connectivity index (χ0v) is 25.8. The molecule has 43 heavy (non-hydrogen) atoms. The first-order valence-corrected chi connectivity index (χ1v) is 15.7. The summed E-state index contributed by atoms with van der Waals surface area (Å²) >= 11 is 0. The normalized spacial score (nSPS) is 29.4. The molecule has 5 rings (SSSR count). The molecular formula is C35H44O8. The van der Waals surface area contributed by atoms with Gasteiger partial charge >= 0.3 is 0 Å². The number of carbonyl (C=O) groups excluding carboxylic acids is 4. The Balaban J connectivity index is 1.68. The Morgan fingerprint density at radius 3 is 2.30 bits per heavy atom. The summed E-state index contributed by atoms with van der Waals surface area (Å²) in [7, 11) is 0. The zero-order chi connectivity index (χ0) is 31.6. The third-order valence-electron chi connectivity index (χ3n) is 10.7. The first-order valence-electron chi connectivity index (χ1n) is 15.7. The number of hydrogen-bond donors (Lipinski definition) is 4. The Morgan fingerprint density at radius 2 is 1.70 bits per heavy atom. The lowest BCUT2D eigenvalue weighted by Gasteiger charge is -2.52. The van der Waals surface area contributed by atoms with Crippen LogP contribution in [0.2, 0.25) is 0 Å². The Morgan fingerprint density at radius 1 is 1.05 bits per heavy atom. The van der Waals surface area contributed by atoms with Crippen molar-refractivity contribution in [2.24, 2.45) is 23.7 Å². The molecule has 0 saturated heterocycles. The average molecular weight is 593 g/mol. The third-order valence-corrected chi connectivity index (χ3v) is 10.7. The molecule has 5 atom stereocenters. The van der Waals surface area contributed by atoms with E-state index in [1.165, 1.54) is 0 Å². The van der Waals surface area contributed by atoms with Crippen molar-refractivity contribution in [1.29, 1.82) is 0 Å². The van der Waals surface area contributed by atoms with Crippen molar-refractivity contribution in [3.05, 3.63) is 45.7 Å². The van der Waals surface area contributed by atoms with Gasteiger partial charge in [-0.3, -0.25) is 19.2 Å². The fourth-order valence-electron chi connectivity index (χ4n) is 8.28. The van der Waals surface area contributed by atoms with Crippen LogP contribution in [0.25, 0.3) is 5.76 Å². The van der Waals surface area contributed by atoms with E-state index in [0.717, 1.165) is 25.7 Å². The van der Waals surface area contributed by atoms with Crippen molar-refractivity contribution in [2.75, 3.05) is 0 Å². The molecule has 0 amide bonds. The molecule has 4 N–H and O–H groups in total. The molecular weight excluding hydrogens is 548 g/mol. The van der Waals surface area contributed by atoms with Crippen LogP contribution in [-0.2, 0) is 24.6 Å². The molecule has 0 aliphatic heterocycles. The number of rotatable bonds is 7. The standard InChI is InChI=1S/C35H44O8/c1-6-19(36)15-21-23-16-25(38)28(24(37)14-11-18-9-7-8-10-18)32(41)35(23,43)33(42)29-26(21)17(2)20-12-13-22(34(3,4)5)30(39)27(20)31(29)40/h12-13,17-18,21,23,26,39-41,43H,6-11,14-16H2,1-5H3. The van der Waals surface area contributed by atoms with Gasteiger partial charge in [0.05, 0.1) is 5.56 Å². The largest absolute Gasteiger partial charge is 0.508 e. The highest BCUT2D eigenvalue weighted by Gasteiger charge is 2.65. The number of aromatic hydroxyl groups is 1. The summed E-state index contributed by atoms with van der Waals surface area (Å²) in [6.45, 7) is 9.27. The van der Waals surface area contributed by atoms with E-state index < -0.39 is 69.1 Å². The summed E-state index contributed by atoms with van der Waals surface area (Å²) in [4.78, 5) is 54.1. The molecule has 1 aromatic carbocycles. The van der Waals surface area contributed by atoms with Gasteiger partial charge in [0.2, 0.25) is 5.78 Å². The van der Waals surface area contributed by atoms with Crippen LogP contribution in [0.3, 0.4) is 0 Å². The smallest absolute Gasteiger partial charge is 0.202 e. The van der Waals surface area contributed by atoms with Gasteiger partial charge in [0.15, 0.2) is 17.2 Å². The summed E-state index contributed by atoms with van der Waals surface area (Å²) in [5, 5.41) is 46.8. The van der Waals surface area contributed by atoms with Crippen LogP contribution in [-0.4, -0.2) is 49.2 Å². The number of carbonyl (C=O) groups is 4. The van der Waals surface area contributed by atoms with Crippen molar-refractivity contribution >= 4 is 28.9 Å². The number of phenolic OH excluding ortho intramolecular Hbond substituents is 1. The van der Waals surface area contributed by atoms with E-state index in [0.29, 0.717) is 23.5 Å². The van der Waals surface area contributed by atoms with Gasteiger partial charge in [-0.05, 0) is 35.2 Å². The number of hydrogen-bond acceptors (Lipinski definition) is 8. The first-order chi connectivity index (χ1) is 20.1. The summed E-state index contributed by atoms with van der Waals surface area (Å²) in [6.07, 6.45) is 4.49. The maximum atomic E-state index is 14.4. The lowest BCUT2D eigenvalue weighted by molar-refractivity contribution is -0.155. The van der Waals surface area contributed by atoms with Gasteiger partial charge in [0.25, 0.3) is 0 Å². The summed E-state index contributed by atoms with van der Waals surface area (Å²) < 4.78 is 0. The fourth-order valence-corrected chi connectivity index (χ4v) is 8.28. The predicted molar refractivity (Wildman–Crippen MR) is 161 cm³/mol. The molecule has 1 aromatic rings. The van der Waals surface area contributed by atoms with Gasteiger partial charge in [-0.2, -0.15) is 0 Å². The molecule has 0 heterocycles. The number of aliphatic hydroxyl groups is 3. The zero-order valence-electron chi connectivity index (χ0n) is 25.8. The van der Waals surface area contributed by atoms with Crippen molar-refractivity contribution in [3.63, 3.8) is 0 Å². The molecule has 2 fully saturated rings. The maximum absolute atomic E-state index is 14.4. The summed E-state index contributed by atoms with van der Waals surface area (Å²) in [5.74, 6) is -6.89. The minimum absolute atomic E-state index is 0.0208. The summed E-state index contributed by atoms with van der Waals surface area (Å²) in [5.41, 5.74) is -2.65. The van der Waals surface area contributed by atoms with Crippen molar-refractivity contribution in [1.82, 2.24) is 0 Å². The number of Topliss-reactive ketones (excluding diaryl/α,β-unsaturated/α-hetero) is 4.